The van der Waals surface area contributed by atoms with E-state index in [2.05, 4.69) is 45.3 Å². The molecule has 0 atom stereocenters. The quantitative estimate of drug-likeness (QED) is 0.933. The highest BCUT2D eigenvalue weighted by Gasteiger charge is 2.07. The molecule has 2 rings (SSSR count). The standard InChI is InChI=1S/C15H15BrN2O/c1-11-5-2-3-6-12(11)8-9-14(19)18-15-13(16)7-4-10-17-15/h2-7,10H,8-9H2,1H3,(H,17,18,19). The van der Waals surface area contributed by atoms with Crippen LogP contribution >= 0.6 is 15.9 Å². The van der Waals surface area contributed by atoms with Crippen molar-refractivity contribution in [3.63, 3.8) is 0 Å². The predicted octanol–water partition coefficient (Wildman–Crippen LogP) is 3.72. The van der Waals surface area contributed by atoms with E-state index in [4.69, 9.17) is 0 Å². The van der Waals surface area contributed by atoms with Crippen molar-refractivity contribution < 1.29 is 4.79 Å². The Morgan fingerprint density at radius 3 is 2.79 bits per heavy atom. The molecule has 1 aromatic heterocycles. The van der Waals surface area contributed by atoms with Crippen LogP contribution in [0.1, 0.15) is 17.5 Å². The van der Waals surface area contributed by atoms with E-state index >= 15 is 0 Å². The average molecular weight is 319 g/mol. The number of pyridine rings is 1. The van der Waals surface area contributed by atoms with Gasteiger partial charge in [-0.1, -0.05) is 24.3 Å². The molecule has 0 aliphatic rings. The second kappa shape index (κ2) is 6.48. The molecule has 0 unspecified atom stereocenters. The lowest BCUT2D eigenvalue weighted by Crippen LogP contribution is -2.13. The van der Waals surface area contributed by atoms with Crippen LogP contribution in [0.3, 0.4) is 0 Å². The first-order valence-electron chi connectivity index (χ1n) is 6.11. The van der Waals surface area contributed by atoms with Gasteiger partial charge in [0.2, 0.25) is 5.91 Å². The molecule has 0 radical (unpaired) electrons. The van der Waals surface area contributed by atoms with Gasteiger partial charge in [-0.15, -0.1) is 0 Å². The molecule has 1 aromatic carbocycles. The number of aromatic nitrogens is 1. The smallest absolute Gasteiger partial charge is 0.225 e. The third-order valence-electron chi connectivity index (χ3n) is 2.90. The number of nitrogens with one attached hydrogen (secondary N) is 1. The first-order chi connectivity index (χ1) is 9.16. The molecule has 1 heterocycles. The van der Waals surface area contributed by atoms with E-state index in [0.717, 1.165) is 10.9 Å². The van der Waals surface area contributed by atoms with Crippen LogP contribution < -0.4 is 5.32 Å². The number of hydrogen-bond donors (Lipinski definition) is 1. The van der Waals surface area contributed by atoms with Crippen LogP contribution in [0, 0.1) is 6.92 Å². The van der Waals surface area contributed by atoms with E-state index < -0.39 is 0 Å². The number of halogens is 1. The van der Waals surface area contributed by atoms with Crippen molar-refractivity contribution in [2.24, 2.45) is 0 Å². The third kappa shape index (κ3) is 3.89. The van der Waals surface area contributed by atoms with Crippen molar-refractivity contribution in [1.82, 2.24) is 4.98 Å². The molecule has 0 spiro atoms. The molecule has 0 fully saturated rings. The molecule has 19 heavy (non-hydrogen) atoms. The second-order valence-electron chi connectivity index (χ2n) is 4.31. The summed E-state index contributed by atoms with van der Waals surface area (Å²) < 4.78 is 0.791. The summed E-state index contributed by atoms with van der Waals surface area (Å²) in [6, 6.07) is 11.8. The fraction of sp³-hybridized carbons (Fsp3) is 0.200. The number of aryl methyl sites for hydroxylation is 2. The van der Waals surface area contributed by atoms with Crippen molar-refractivity contribution in [3.8, 4) is 0 Å². The maximum atomic E-state index is 11.9. The van der Waals surface area contributed by atoms with Crippen LogP contribution in [0.2, 0.25) is 0 Å². The Bertz CT molecular complexity index is 584. The number of carbonyl (C=O) groups is 1. The van der Waals surface area contributed by atoms with Crippen LogP contribution in [-0.2, 0) is 11.2 Å². The zero-order valence-corrected chi connectivity index (χ0v) is 12.3. The van der Waals surface area contributed by atoms with Crippen molar-refractivity contribution in [1.29, 1.82) is 0 Å². The highest BCUT2D eigenvalue weighted by Crippen LogP contribution is 2.18. The normalized spacial score (nSPS) is 10.2. The van der Waals surface area contributed by atoms with Crippen LogP contribution in [0.4, 0.5) is 5.82 Å². The zero-order chi connectivity index (χ0) is 13.7. The molecule has 0 aliphatic carbocycles. The maximum absolute atomic E-state index is 11.9. The van der Waals surface area contributed by atoms with E-state index in [0.29, 0.717) is 12.2 Å². The Hall–Kier alpha value is -1.68. The summed E-state index contributed by atoms with van der Waals surface area (Å²) in [6.07, 6.45) is 2.85. The van der Waals surface area contributed by atoms with Gasteiger partial charge in [0.1, 0.15) is 5.82 Å². The largest absolute Gasteiger partial charge is 0.310 e. The van der Waals surface area contributed by atoms with Gasteiger partial charge in [-0.3, -0.25) is 4.79 Å². The topological polar surface area (TPSA) is 42.0 Å². The van der Waals surface area contributed by atoms with Crippen molar-refractivity contribution in [3.05, 3.63) is 58.2 Å². The number of anilines is 1. The van der Waals surface area contributed by atoms with Crippen molar-refractivity contribution >= 4 is 27.7 Å². The number of nitrogens with zero attached hydrogens (tertiary/aromatic N) is 1. The van der Waals surface area contributed by atoms with Crippen LogP contribution in [-0.4, -0.2) is 10.9 Å². The number of hydrogen-bond acceptors (Lipinski definition) is 2. The Morgan fingerprint density at radius 1 is 1.26 bits per heavy atom. The summed E-state index contributed by atoms with van der Waals surface area (Å²) in [7, 11) is 0. The Kier molecular flexibility index (Phi) is 4.68. The molecule has 1 amide bonds. The van der Waals surface area contributed by atoms with Gasteiger partial charge >= 0.3 is 0 Å². The molecular formula is C15H15BrN2O. The van der Waals surface area contributed by atoms with E-state index in [-0.39, 0.29) is 5.91 Å². The first kappa shape index (κ1) is 13.7. The molecular weight excluding hydrogens is 304 g/mol. The minimum atomic E-state index is -0.0253. The number of rotatable bonds is 4. The molecule has 0 saturated carbocycles. The van der Waals surface area contributed by atoms with Gasteiger partial charge in [-0.05, 0) is 52.5 Å². The van der Waals surface area contributed by atoms with Gasteiger partial charge in [0.05, 0.1) is 4.47 Å². The lowest BCUT2D eigenvalue weighted by atomic mass is 10.0. The molecule has 98 valence electrons. The molecule has 0 bridgehead atoms. The Labute approximate surface area is 121 Å². The lowest BCUT2D eigenvalue weighted by Gasteiger charge is -2.07. The Balaban J connectivity index is 1.92. The monoisotopic (exact) mass is 318 g/mol. The molecule has 2 aromatic rings. The average Bonchev–Trinajstić information content (AvgIpc) is 2.40. The summed E-state index contributed by atoms with van der Waals surface area (Å²) in [5, 5.41) is 2.80. The van der Waals surface area contributed by atoms with Crippen molar-refractivity contribution in [2.75, 3.05) is 5.32 Å². The van der Waals surface area contributed by atoms with E-state index in [9.17, 15) is 4.79 Å². The van der Waals surface area contributed by atoms with Gasteiger partial charge in [0.25, 0.3) is 0 Å². The van der Waals surface area contributed by atoms with Gasteiger partial charge in [-0.2, -0.15) is 0 Å². The van der Waals surface area contributed by atoms with Gasteiger partial charge in [0.15, 0.2) is 0 Å². The zero-order valence-electron chi connectivity index (χ0n) is 10.7. The third-order valence-corrected chi connectivity index (χ3v) is 3.54. The van der Waals surface area contributed by atoms with Crippen LogP contribution in [0.5, 0.6) is 0 Å². The second-order valence-corrected chi connectivity index (χ2v) is 5.16. The molecule has 0 saturated heterocycles. The predicted molar refractivity (Wildman–Crippen MR) is 80.1 cm³/mol. The van der Waals surface area contributed by atoms with Crippen molar-refractivity contribution in [2.45, 2.75) is 19.8 Å². The SMILES string of the molecule is Cc1ccccc1CCC(=O)Nc1ncccc1Br. The summed E-state index contributed by atoms with van der Waals surface area (Å²) in [5.41, 5.74) is 2.42. The number of carbonyl (C=O) groups excluding carboxylic acids is 1. The van der Waals surface area contributed by atoms with Gasteiger partial charge < -0.3 is 5.32 Å². The molecule has 1 N–H and O–H groups in total. The molecule has 3 nitrogen and oxygen atoms in total. The summed E-state index contributed by atoms with van der Waals surface area (Å²) in [5.74, 6) is 0.542. The number of benzene rings is 1. The van der Waals surface area contributed by atoms with E-state index in [1.54, 1.807) is 6.20 Å². The van der Waals surface area contributed by atoms with Crippen LogP contribution in [0.25, 0.3) is 0 Å². The van der Waals surface area contributed by atoms with E-state index in [1.165, 1.54) is 11.1 Å². The van der Waals surface area contributed by atoms with E-state index in [1.807, 2.05) is 24.3 Å². The number of amides is 1. The fourth-order valence-electron chi connectivity index (χ4n) is 1.81. The molecule has 4 heteroatoms. The molecule has 0 aliphatic heterocycles. The lowest BCUT2D eigenvalue weighted by molar-refractivity contribution is -0.116. The highest BCUT2D eigenvalue weighted by atomic mass is 79.9. The van der Waals surface area contributed by atoms with Gasteiger partial charge in [0, 0.05) is 12.6 Å². The summed E-state index contributed by atoms with van der Waals surface area (Å²) in [6.45, 7) is 2.06. The van der Waals surface area contributed by atoms with Crippen LogP contribution in [0.15, 0.2) is 47.1 Å². The minimum Gasteiger partial charge on any atom is -0.310 e. The summed E-state index contributed by atoms with van der Waals surface area (Å²) >= 11 is 3.36. The first-order valence-corrected chi connectivity index (χ1v) is 6.91. The minimum absolute atomic E-state index is 0.0253. The Morgan fingerprint density at radius 2 is 2.05 bits per heavy atom. The maximum Gasteiger partial charge on any atom is 0.225 e. The summed E-state index contributed by atoms with van der Waals surface area (Å²) in [4.78, 5) is 16.0. The fourth-order valence-corrected chi connectivity index (χ4v) is 2.17. The highest BCUT2D eigenvalue weighted by molar-refractivity contribution is 9.10. The van der Waals surface area contributed by atoms with Gasteiger partial charge in [-0.25, -0.2) is 4.98 Å².